The second kappa shape index (κ2) is 7.24. The first-order valence-corrected chi connectivity index (χ1v) is 7.84. The van der Waals surface area contributed by atoms with Gasteiger partial charge in [0.05, 0.1) is 18.8 Å². The summed E-state index contributed by atoms with van der Waals surface area (Å²) in [7, 11) is 1.59. The van der Waals surface area contributed by atoms with E-state index in [1.54, 1.807) is 20.1 Å². The number of aliphatic hydroxyl groups excluding tert-OH is 1. The summed E-state index contributed by atoms with van der Waals surface area (Å²) >= 11 is 3.42. The maximum Gasteiger partial charge on any atom is 0.255 e. The highest BCUT2D eigenvalue weighted by molar-refractivity contribution is 9.10. The molecule has 1 aliphatic heterocycles. The summed E-state index contributed by atoms with van der Waals surface area (Å²) in [6.45, 7) is 5.37. The highest BCUT2D eigenvalue weighted by atomic mass is 79.9. The van der Waals surface area contributed by atoms with E-state index in [1.165, 1.54) is 0 Å². The number of piperazine rings is 1. The fourth-order valence-electron chi connectivity index (χ4n) is 2.47. The molecule has 0 radical (unpaired) electrons. The zero-order valence-electron chi connectivity index (χ0n) is 12.4. The lowest BCUT2D eigenvalue weighted by molar-refractivity contribution is 0.0553. The molecule has 0 aliphatic carbocycles. The van der Waals surface area contributed by atoms with Gasteiger partial charge in [0.25, 0.3) is 5.91 Å². The fraction of sp³-hybridized carbons (Fsp3) is 0.533. The number of amides is 1. The van der Waals surface area contributed by atoms with Gasteiger partial charge in [-0.05, 0) is 41.1 Å². The number of carbonyl (C=O) groups excluding carboxylic acids is 1. The molecule has 0 aromatic heterocycles. The predicted octanol–water partition coefficient (Wildman–Crippen LogP) is 1.60. The Bertz CT molecular complexity index is 500. The maximum absolute atomic E-state index is 12.6. The first kappa shape index (κ1) is 16.3. The molecule has 0 unspecified atom stereocenters. The normalized spacial score (nSPS) is 17.6. The Kier molecular flexibility index (Phi) is 5.61. The van der Waals surface area contributed by atoms with Crippen LogP contribution in [0.5, 0.6) is 5.75 Å². The Morgan fingerprint density at radius 1 is 1.38 bits per heavy atom. The van der Waals surface area contributed by atoms with Gasteiger partial charge < -0.3 is 14.7 Å². The van der Waals surface area contributed by atoms with Gasteiger partial charge in [-0.2, -0.15) is 0 Å². The van der Waals surface area contributed by atoms with Crippen molar-refractivity contribution in [3.63, 3.8) is 0 Å². The first-order valence-electron chi connectivity index (χ1n) is 7.04. The van der Waals surface area contributed by atoms with Crippen LogP contribution in [0.1, 0.15) is 17.3 Å². The van der Waals surface area contributed by atoms with Crippen molar-refractivity contribution in [1.82, 2.24) is 9.80 Å². The fourth-order valence-corrected chi connectivity index (χ4v) is 2.89. The van der Waals surface area contributed by atoms with Gasteiger partial charge in [0, 0.05) is 37.2 Å². The molecule has 5 nitrogen and oxygen atoms in total. The molecule has 2 rings (SSSR count). The van der Waals surface area contributed by atoms with Crippen molar-refractivity contribution < 1.29 is 14.6 Å². The van der Waals surface area contributed by atoms with Crippen LogP contribution in [-0.2, 0) is 0 Å². The quantitative estimate of drug-likeness (QED) is 0.890. The van der Waals surface area contributed by atoms with Crippen LogP contribution in [0.25, 0.3) is 0 Å². The summed E-state index contributed by atoms with van der Waals surface area (Å²) in [6.07, 6.45) is -0.334. The van der Waals surface area contributed by atoms with Crippen molar-refractivity contribution in [2.45, 2.75) is 13.0 Å². The lowest BCUT2D eigenvalue weighted by Gasteiger charge is -2.35. The molecule has 1 saturated heterocycles. The molecular formula is C15H21BrN2O3. The SMILES string of the molecule is COc1ccc(Br)c(C(=O)N2CCN(C[C@@H](C)O)CC2)c1. The number of β-amino-alcohol motifs (C(OH)–C–C–N with tert-alkyl or cyclic N) is 1. The number of benzene rings is 1. The van der Waals surface area contributed by atoms with Crippen LogP contribution in [0.3, 0.4) is 0 Å². The molecule has 116 valence electrons. The lowest BCUT2D eigenvalue weighted by atomic mass is 10.1. The second-order valence-corrected chi connectivity index (χ2v) is 6.14. The highest BCUT2D eigenvalue weighted by Gasteiger charge is 2.24. The molecule has 1 aromatic rings. The molecule has 1 atom stereocenters. The van der Waals surface area contributed by atoms with Crippen LogP contribution in [0.15, 0.2) is 22.7 Å². The van der Waals surface area contributed by atoms with Crippen molar-refractivity contribution in [1.29, 1.82) is 0 Å². The molecule has 21 heavy (non-hydrogen) atoms. The zero-order chi connectivity index (χ0) is 15.4. The average Bonchev–Trinajstić information content (AvgIpc) is 2.47. The van der Waals surface area contributed by atoms with E-state index in [0.29, 0.717) is 30.9 Å². The van der Waals surface area contributed by atoms with E-state index in [9.17, 15) is 9.90 Å². The van der Waals surface area contributed by atoms with Crippen molar-refractivity contribution in [2.75, 3.05) is 39.8 Å². The Morgan fingerprint density at radius 2 is 2.05 bits per heavy atom. The number of aliphatic hydroxyl groups is 1. The number of halogens is 1. The Balaban J connectivity index is 2.02. The Hall–Kier alpha value is -1.11. The van der Waals surface area contributed by atoms with Crippen LogP contribution in [0.4, 0.5) is 0 Å². The van der Waals surface area contributed by atoms with Gasteiger partial charge in [0.1, 0.15) is 5.75 Å². The van der Waals surface area contributed by atoms with Gasteiger partial charge in [-0.1, -0.05) is 0 Å². The minimum absolute atomic E-state index is 0.0115. The molecule has 1 aliphatic rings. The third-order valence-electron chi connectivity index (χ3n) is 3.59. The van der Waals surface area contributed by atoms with E-state index >= 15 is 0 Å². The van der Waals surface area contributed by atoms with Gasteiger partial charge in [0.2, 0.25) is 0 Å². The number of methoxy groups -OCH3 is 1. The number of carbonyl (C=O) groups is 1. The van der Waals surface area contributed by atoms with Crippen molar-refractivity contribution in [3.05, 3.63) is 28.2 Å². The van der Waals surface area contributed by atoms with E-state index < -0.39 is 0 Å². The van der Waals surface area contributed by atoms with Gasteiger partial charge in [-0.25, -0.2) is 0 Å². The summed E-state index contributed by atoms with van der Waals surface area (Å²) in [4.78, 5) is 16.6. The average molecular weight is 357 g/mol. The summed E-state index contributed by atoms with van der Waals surface area (Å²) < 4.78 is 5.96. The second-order valence-electron chi connectivity index (χ2n) is 5.29. The maximum atomic E-state index is 12.6. The molecule has 0 spiro atoms. The molecule has 1 N–H and O–H groups in total. The molecule has 6 heteroatoms. The van der Waals surface area contributed by atoms with E-state index in [2.05, 4.69) is 20.8 Å². The van der Waals surface area contributed by atoms with Gasteiger partial charge in [-0.3, -0.25) is 9.69 Å². The number of nitrogens with zero attached hydrogens (tertiary/aromatic N) is 2. The summed E-state index contributed by atoms with van der Waals surface area (Å²) in [5.74, 6) is 0.687. The summed E-state index contributed by atoms with van der Waals surface area (Å²) in [5.41, 5.74) is 0.623. The topological polar surface area (TPSA) is 53.0 Å². The van der Waals surface area contributed by atoms with Crippen LogP contribution >= 0.6 is 15.9 Å². The zero-order valence-corrected chi connectivity index (χ0v) is 14.0. The molecule has 0 saturated carbocycles. The summed E-state index contributed by atoms with van der Waals surface area (Å²) in [6, 6.07) is 5.41. The van der Waals surface area contributed by atoms with E-state index in [0.717, 1.165) is 17.6 Å². The summed E-state index contributed by atoms with van der Waals surface area (Å²) in [5, 5.41) is 9.41. The van der Waals surface area contributed by atoms with E-state index in [-0.39, 0.29) is 12.0 Å². The monoisotopic (exact) mass is 356 g/mol. The van der Waals surface area contributed by atoms with Crippen molar-refractivity contribution in [3.8, 4) is 5.75 Å². The molecule has 1 fully saturated rings. The standard InChI is InChI=1S/C15H21BrN2O3/c1-11(19)10-17-5-7-18(8-6-17)15(20)13-9-12(21-2)3-4-14(13)16/h3-4,9,11,19H,5-8,10H2,1-2H3/t11-/m1/s1. The number of hydrogen-bond donors (Lipinski definition) is 1. The number of rotatable bonds is 4. The first-order chi connectivity index (χ1) is 10.0. The Labute approximate surface area is 133 Å². The van der Waals surface area contributed by atoms with E-state index in [4.69, 9.17) is 4.74 Å². The lowest BCUT2D eigenvalue weighted by Crippen LogP contribution is -2.50. The van der Waals surface area contributed by atoms with Gasteiger partial charge in [-0.15, -0.1) is 0 Å². The number of ether oxygens (including phenoxy) is 1. The molecular weight excluding hydrogens is 336 g/mol. The van der Waals surface area contributed by atoms with Crippen LogP contribution in [-0.4, -0.2) is 66.8 Å². The molecule has 0 bridgehead atoms. The molecule has 1 aromatic carbocycles. The van der Waals surface area contributed by atoms with Gasteiger partial charge >= 0.3 is 0 Å². The minimum Gasteiger partial charge on any atom is -0.497 e. The molecule has 1 heterocycles. The number of hydrogen-bond acceptors (Lipinski definition) is 4. The predicted molar refractivity (Wildman–Crippen MR) is 84.7 cm³/mol. The molecule has 1 amide bonds. The van der Waals surface area contributed by atoms with Gasteiger partial charge in [0.15, 0.2) is 0 Å². The van der Waals surface area contributed by atoms with Crippen molar-refractivity contribution in [2.24, 2.45) is 0 Å². The third kappa shape index (κ3) is 4.18. The minimum atomic E-state index is -0.334. The van der Waals surface area contributed by atoms with Crippen LogP contribution in [0.2, 0.25) is 0 Å². The third-order valence-corrected chi connectivity index (χ3v) is 4.28. The largest absolute Gasteiger partial charge is 0.497 e. The highest BCUT2D eigenvalue weighted by Crippen LogP contribution is 2.24. The van der Waals surface area contributed by atoms with Crippen molar-refractivity contribution >= 4 is 21.8 Å². The Morgan fingerprint density at radius 3 is 2.62 bits per heavy atom. The van der Waals surface area contributed by atoms with E-state index in [1.807, 2.05) is 17.0 Å². The van der Waals surface area contributed by atoms with Crippen LogP contribution < -0.4 is 4.74 Å². The smallest absolute Gasteiger partial charge is 0.255 e. The van der Waals surface area contributed by atoms with Crippen LogP contribution in [0, 0.1) is 0 Å².